The zero-order valence-corrected chi connectivity index (χ0v) is 12.2. The van der Waals surface area contributed by atoms with E-state index in [0.29, 0.717) is 5.41 Å². The first kappa shape index (κ1) is 14.3. The van der Waals surface area contributed by atoms with Crippen molar-refractivity contribution in [1.29, 1.82) is 0 Å². The summed E-state index contributed by atoms with van der Waals surface area (Å²) in [5, 5.41) is 0. The molecule has 0 aliphatic carbocycles. The molecule has 1 saturated heterocycles. The molecule has 0 radical (unpaired) electrons. The van der Waals surface area contributed by atoms with Gasteiger partial charge < -0.3 is 5.43 Å². The second-order valence-corrected chi connectivity index (χ2v) is 5.64. The standard InChI is InChI=1S/C15H26N4/c1-3-15(4-2)8-10-19(11-9-15)12-13-6-5-7-14(17-13)18-16/h5-7H,3-4,8-12,16H2,1-2H3,(H,17,18). The topological polar surface area (TPSA) is 54.2 Å². The monoisotopic (exact) mass is 262 g/mol. The van der Waals surface area contributed by atoms with Crippen molar-refractivity contribution in [2.45, 2.75) is 46.1 Å². The van der Waals surface area contributed by atoms with E-state index in [0.717, 1.165) is 18.1 Å². The third kappa shape index (κ3) is 3.45. The summed E-state index contributed by atoms with van der Waals surface area (Å²) in [6.07, 6.45) is 5.24. The minimum absolute atomic E-state index is 0.588. The normalized spacial score (nSPS) is 19.3. The molecule has 0 spiro atoms. The highest BCUT2D eigenvalue weighted by Gasteiger charge is 2.31. The van der Waals surface area contributed by atoms with Gasteiger partial charge >= 0.3 is 0 Å². The highest BCUT2D eigenvalue weighted by molar-refractivity contribution is 5.33. The summed E-state index contributed by atoms with van der Waals surface area (Å²) in [4.78, 5) is 6.99. The fourth-order valence-corrected chi connectivity index (χ4v) is 3.02. The van der Waals surface area contributed by atoms with E-state index in [1.165, 1.54) is 38.8 Å². The molecule has 19 heavy (non-hydrogen) atoms. The lowest BCUT2D eigenvalue weighted by Crippen LogP contribution is -2.39. The Morgan fingerprint density at radius 2 is 1.95 bits per heavy atom. The first-order chi connectivity index (χ1) is 9.21. The number of nitrogens with two attached hydrogens (primary N) is 1. The lowest BCUT2D eigenvalue weighted by molar-refractivity contribution is 0.0901. The van der Waals surface area contributed by atoms with Crippen LogP contribution in [0.5, 0.6) is 0 Å². The van der Waals surface area contributed by atoms with Gasteiger partial charge in [0, 0.05) is 6.54 Å². The summed E-state index contributed by atoms with van der Waals surface area (Å²) in [6, 6.07) is 5.96. The van der Waals surface area contributed by atoms with Gasteiger partial charge in [-0.3, -0.25) is 4.90 Å². The smallest absolute Gasteiger partial charge is 0.140 e. The van der Waals surface area contributed by atoms with Crippen molar-refractivity contribution in [2.75, 3.05) is 18.5 Å². The lowest BCUT2D eigenvalue weighted by atomic mass is 9.74. The van der Waals surface area contributed by atoms with Gasteiger partial charge in [-0.25, -0.2) is 10.8 Å². The maximum absolute atomic E-state index is 5.40. The number of aromatic nitrogens is 1. The molecule has 0 saturated carbocycles. The Balaban J connectivity index is 1.91. The first-order valence-electron chi connectivity index (χ1n) is 7.36. The molecule has 1 aromatic heterocycles. The van der Waals surface area contributed by atoms with Crippen LogP contribution in [0.4, 0.5) is 5.82 Å². The molecule has 2 heterocycles. The van der Waals surface area contributed by atoms with E-state index in [2.05, 4.69) is 35.2 Å². The third-order valence-corrected chi connectivity index (χ3v) is 4.76. The van der Waals surface area contributed by atoms with Gasteiger partial charge in [0.1, 0.15) is 5.82 Å². The van der Waals surface area contributed by atoms with Gasteiger partial charge in [0.2, 0.25) is 0 Å². The fourth-order valence-electron chi connectivity index (χ4n) is 3.02. The van der Waals surface area contributed by atoms with Crippen LogP contribution >= 0.6 is 0 Å². The average molecular weight is 262 g/mol. The van der Waals surface area contributed by atoms with E-state index >= 15 is 0 Å². The Kier molecular flexibility index (Phi) is 4.77. The molecule has 1 aliphatic heterocycles. The van der Waals surface area contributed by atoms with Gasteiger partial charge in [0.15, 0.2) is 0 Å². The van der Waals surface area contributed by atoms with E-state index < -0.39 is 0 Å². The molecule has 3 N–H and O–H groups in total. The summed E-state index contributed by atoms with van der Waals surface area (Å²) >= 11 is 0. The van der Waals surface area contributed by atoms with Gasteiger partial charge in [0.05, 0.1) is 5.69 Å². The largest absolute Gasteiger partial charge is 0.308 e. The van der Waals surface area contributed by atoms with Crippen molar-refractivity contribution in [3.05, 3.63) is 23.9 Å². The molecule has 1 aliphatic rings. The molecule has 0 unspecified atom stereocenters. The Morgan fingerprint density at radius 3 is 2.53 bits per heavy atom. The Morgan fingerprint density at radius 1 is 1.26 bits per heavy atom. The summed E-state index contributed by atoms with van der Waals surface area (Å²) in [5.41, 5.74) is 4.29. The molecule has 1 aromatic rings. The van der Waals surface area contributed by atoms with Crippen LogP contribution in [0.3, 0.4) is 0 Å². The number of hydrogen-bond acceptors (Lipinski definition) is 4. The number of rotatable bonds is 5. The Bertz CT molecular complexity index is 391. The highest BCUT2D eigenvalue weighted by atomic mass is 15.3. The van der Waals surface area contributed by atoms with Crippen LogP contribution < -0.4 is 11.3 Å². The van der Waals surface area contributed by atoms with Crippen molar-refractivity contribution in [2.24, 2.45) is 11.3 Å². The molecular weight excluding hydrogens is 236 g/mol. The van der Waals surface area contributed by atoms with Crippen LogP contribution in [0.2, 0.25) is 0 Å². The van der Waals surface area contributed by atoms with Crippen LogP contribution in [0.1, 0.15) is 45.2 Å². The number of piperidine rings is 1. The molecular formula is C15H26N4. The molecule has 2 rings (SSSR count). The molecule has 0 bridgehead atoms. The quantitative estimate of drug-likeness (QED) is 0.633. The molecule has 0 aromatic carbocycles. The van der Waals surface area contributed by atoms with Gasteiger partial charge in [0.25, 0.3) is 0 Å². The van der Waals surface area contributed by atoms with Crippen LogP contribution in [0.15, 0.2) is 18.2 Å². The maximum Gasteiger partial charge on any atom is 0.140 e. The number of likely N-dealkylation sites (tertiary alicyclic amines) is 1. The summed E-state index contributed by atoms with van der Waals surface area (Å²) in [5.74, 6) is 6.14. The summed E-state index contributed by atoms with van der Waals surface area (Å²) < 4.78 is 0. The number of nitrogen functional groups attached to an aromatic ring is 1. The van der Waals surface area contributed by atoms with Crippen molar-refractivity contribution < 1.29 is 0 Å². The Hall–Kier alpha value is -1.13. The number of pyridine rings is 1. The van der Waals surface area contributed by atoms with Crippen molar-refractivity contribution >= 4 is 5.82 Å². The predicted molar refractivity (Wildman–Crippen MR) is 79.6 cm³/mol. The number of hydrazine groups is 1. The average Bonchev–Trinajstić information content (AvgIpc) is 2.48. The molecule has 0 atom stereocenters. The van der Waals surface area contributed by atoms with Crippen molar-refractivity contribution in [3.8, 4) is 0 Å². The molecule has 4 nitrogen and oxygen atoms in total. The lowest BCUT2D eigenvalue weighted by Gasteiger charge is -2.40. The summed E-state index contributed by atoms with van der Waals surface area (Å²) in [7, 11) is 0. The van der Waals surface area contributed by atoms with Gasteiger partial charge in [-0.05, 0) is 43.5 Å². The second-order valence-electron chi connectivity index (χ2n) is 5.64. The van der Waals surface area contributed by atoms with Crippen LogP contribution in [0, 0.1) is 5.41 Å². The molecule has 0 amide bonds. The van der Waals surface area contributed by atoms with Crippen molar-refractivity contribution in [3.63, 3.8) is 0 Å². The SMILES string of the molecule is CCC1(CC)CCN(Cc2cccc(NN)n2)CC1. The molecule has 1 fully saturated rings. The number of nitrogens with zero attached hydrogens (tertiary/aromatic N) is 2. The Labute approximate surface area is 116 Å². The minimum atomic E-state index is 0.588. The van der Waals surface area contributed by atoms with Gasteiger partial charge in [-0.15, -0.1) is 0 Å². The van der Waals surface area contributed by atoms with Crippen LogP contribution in [0.25, 0.3) is 0 Å². The zero-order valence-electron chi connectivity index (χ0n) is 12.2. The van der Waals surface area contributed by atoms with Gasteiger partial charge in [-0.1, -0.05) is 32.8 Å². The van der Waals surface area contributed by atoms with E-state index in [9.17, 15) is 0 Å². The fraction of sp³-hybridized carbons (Fsp3) is 0.667. The number of hydrogen-bond donors (Lipinski definition) is 2. The van der Waals surface area contributed by atoms with E-state index in [1.807, 2.05) is 12.1 Å². The third-order valence-electron chi connectivity index (χ3n) is 4.76. The van der Waals surface area contributed by atoms with Crippen molar-refractivity contribution in [1.82, 2.24) is 9.88 Å². The van der Waals surface area contributed by atoms with Crippen LogP contribution in [-0.2, 0) is 6.54 Å². The maximum atomic E-state index is 5.40. The van der Waals surface area contributed by atoms with E-state index in [4.69, 9.17) is 5.84 Å². The van der Waals surface area contributed by atoms with E-state index in [1.54, 1.807) is 0 Å². The van der Waals surface area contributed by atoms with Gasteiger partial charge in [-0.2, -0.15) is 0 Å². The number of nitrogens with one attached hydrogen (secondary N) is 1. The van der Waals surface area contributed by atoms with Crippen LogP contribution in [-0.4, -0.2) is 23.0 Å². The highest BCUT2D eigenvalue weighted by Crippen LogP contribution is 2.38. The molecule has 4 heteroatoms. The predicted octanol–water partition coefficient (Wildman–Crippen LogP) is 2.77. The first-order valence-corrected chi connectivity index (χ1v) is 7.36. The van der Waals surface area contributed by atoms with E-state index in [-0.39, 0.29) is 0 Å². The minimum Gasteiger partial charge on any atom is -0.308 e. The zero-order chi connectivity index (χ0) is 13.7. The molecule has 106 valence electrons. The summed E-state index contributed by atoms with van der Waals surface area (Å²) in [6.45, 7) is 7.96. The second kappa shape index (κ2) is 6.35. The number of anilines is 1.